The summed E-state index contributed by atoms with van der Waals surface area (Å²) in [5.74, 6) is 1.11. The molecule has 0 aliphatic heterocycles. The highest BCUT2D eigenvalue weighted by molar-refractivity contribution is 5.93. The molecule has 6 aromatic rings. The first-order valence-corrected chi connectivity index (χ1v) is 10.0. The Kier molecular flexibility index (Phi) is 3.56. The number of hydrogen-bond acceptors (Lipinski definition) is 2. The number of rotatable bonds is 2. The van der Waals surface area contributed by atoms with Crippen LogP contribution in [0.15, 0.2) is 89.7 Å². The van der Waals surface area contributed by atoms with Crippen molar-refractivity contribution < 1.29 is 8.98 Å². The van der Waals surface area contributed by atoms with Gasteiger partial charge in [0.15, 0.2) is 23.0 Å². The van der Waals surface area contributed by atoms with Gasteiger partial charge in [0.05, 0.1) is 12.6 Å². The standard InChI is InChI=1S/C26H20N3O/c1-17-14-21-25(30-16-27-21)15-20(17)26-28(2)23-11-5-6-12-24(23)29(26)22-13-7-9-18-8-3-4-10-19(18)22/h3-16H,1-2H3/q+1. The van der Waals surface area contributed by atoms with Crippen LogP contribution in [0.2, 0.25) is 0 Å². The summed E-state index contributed by atoms with van der Waals surface area (Å²) in [7, 11) is 2.13. The Hall–Kier alpha value is -3.92. The van der Waals surface area contributed by atoms with E-state index in [0.29, 0.717) is 0 Å². The zero-order valence-corrected chi connectivity index (χ0v) is 16.8. The maximum atomic E-state index is 5.64. The van der Waals surface area contributed by atoms with Gasteiger partial charge >= 0.3 is 0 Å². The molecule has 2 heterocycles. The summed E-state index contributed by atoms with van der Waals surface area (Å²) in [6.07, 6.45) is 1.51. The van der Waals surface area contributed by atoms with Gasteiger partial charge in [-0.25, -0.2) is 9.55 Å². The topological polar surface area (TPSA) is 34.8 Å². The Balaban J connectivity index is 1.79. The van der Waals surface area contributed by atoms with Crippen molar-refractivity contribution >= 4 is 32.9 Å². The Morgan fingerprint density at radius 3 is 2.63 bits per heavy atom. The van der Waals surface area contributed by atoms with Gasteiger partial charge in [0.1, 0.15) is 11.2 Å². The zero-order chi connectivity index (χ0) is 20.2. The van der Waals surface area contributed by atoms with Crippen molar-refractivity contribution in [3.63, 3.8) is 0 Å². The Bertz CT molecular complexity index is 1570. The van der Waals surface area contributed by atoms with Gasteiger partial charge in [0.2, 0.25) is 0 Å². The van der Waals surface area contributed by atoms with E-state index >= 15 is 0 Å². The molecule has 0 fully saturated rings. The predicted octanol–water partition coefficient (Wildman–Crippen LogP) is 5.72. The average molecular weight is 390 g/mol. The van der Waals surface area contributed by atoms with Gasteiger partial charge in [-0.05, 0) is 48.2 Å². The van der Waals surface area contributed by atoms with Gasteiger partial charge in [-0.3, -0.25) is 0 Å². The maximum Gasteiger partial charge on any atom is 0.295 e. The fourth-order valence-corrected chi connectivity index (χ4v) is 4.51. The third-order valence-electron chi connectivity index (χ3n) is 5.94. The van der Waals surface area contributed by atoms with Crippen LogP contribution < -0.4 is 4.57 Å². The normalized spacial score (nSPS) is 11.7. The molecule has 144 valence electrons. The van der Waals surface area contributed by atoms with Gasteiger partial charge in [-0.2, -0.15) is 4.57 Å². The van der Waals surface area contributed by atoms with E-state index in [-0.39, 0.29) is 0 Å². The third kappa shape index (κ3) is 2.34. The first kappa shape index (κ1) is 17.0. The van der Waals surface area contributed by atoms with Crippen molar-refractivity contribution in [2.45, 2.75) is 6.92 Å². The molecule has 4 nitrogen and oxygen atoms in total. The van der Waals surface area contributed by atoms with Crippen LogP contribution in [0.5, 0.6) is 0 Å². The molecule has 4 aromatic carbocycles. The fourth-order valence-electron chi connectivity index (χ4n) is 4.51. The van der Waals surface area contributed by atoms with Crippen molar-refractivity contribution in [2.75, 3.05) is 0 Å². The number of aryl methyl sites for hydroxylation is 2. The first-order chi connectivity index (χ1) is 14.7. The highest BCUT2D eigenvalue weighted by Gasteiger charge is 2.28. The number of benzene rings is 4. The minimum atomic E-state index is 0.797. The molecule has 0 aliphatic rings. The summed E-state index contributed by atoms with van der Waals surface area (Å²) in [6, 6.07) is 27.8. The van der Waals surface area contributed by atoms with E-state index in [1.165, 1.54) is 28.2 Å². The second-order valence-electron chi connectivity index (χ2n) is 7.69. The number of para-hydroxylation sites is 2. The van der Waals surface area contributed by atoms with Gasteiger partial charge in [0, 0.05) is 5.39 Å². The highest BCUT2D eigenvalue weighted by Crippen LogP contribution is 2.33. The second kappa shape index (κ2) is 6.29. The summed E-state index contributed by atoms with van der Waals surface area (Å²) in [4.78, 5) is 4.32. The van der Waals surface area contributed by atoms with Gasteiger partial charge in [-0.15, -0.1) is 0 Å². The van der Waals surface area contributed by atoms with Gasteiger partial charge < -0.3 is 4.42 Å². The number of hydrogen-bond donors (Lipinski definition) is 0. The van der Waals surface area contributed by atoms with Crippen LogP contribution in [-0.2, 0) is 7.05 Å². The summed E-state index contributed by atoms with van der Waals surface area (Å²) in [5, 5.41) is 2.45. The largest absolute Gasteiger partial charge is 0.443 e. The minimum absolute atomic E-state index is 0.797. The van der Waals surface area contributed by atoms with Crippen LogP contribution in [0, 0.1) is 6.92 Å². The molecule has 0 N–H and O–H groups in total. The Morgan fingerprint density at radius 2 is 1.70 bits per heavy atom. The summed E-state index contributed by atoms with van der Waals surface area (Å²) in [5.41, 5.74) is 7.48. The van der Waals surface area contributed by atoms with E-state index in [9.17, 15) is 0 Å². The van der Waals surface area contributed by atoms with Crippen LogP contribution in [0.4, 0.5) is 0 Å². The molecule has 0 atom stereocenters. The van der Waals surface area contributed by atoms with Gasteiger partial charge in [0.25, 0.3) is 5.82 Å². The van der Waals surface area contributed by atoms with Crippen molar-refractivity contribution in [3.8, 4) is 17.1 Å². The molecular formula is C26H20N3O+. The molecular weight excluding hydrogens is 370 g/mol. The van der Waals surface area contributed by atoms with Crippen molar-refractivity contribution in [1.82, 2.24) is 9.55 Å². The molecule has 0 bridgehead atoms. The molecule has 0 saturated carbocycles. The molecule has 0 saturated heterocycles. The van der Waals surface area contributed by atoms with Crippen LogP contribution >= 0.6 is 0 Å². The molecule has 4 heteroatoms. The van der Waals surface area contributed by atoms with E-state index in [2.05, 4.69) is 107 Å². The fraction of sp³-hybridized carbons (Fsp3) is 0.0769. The molecule has 0 spiro atoms. The van der Waals surface area contributed by atoms with Gasteiger partial charge in [-0.1, -0.05) is 48.5 Å². The monoisotopic (exact) mass is 390 g/mol. The number of oxazole rings is 1. The van der Waals surface area contributed by atoms with Crippen molar-refractivity contribution in [1.29, 1.82) is 0 Å². The Labute approximate surface area is 173 Å². The van der Waals surface area contributed by atoms with E-state index in [1.54, 1.807) is 0 Å². The molecule has 0 radical (unpaired) electrons. The predicted molar refractivity (Wildman–Crippen MR) is 120 cm³/mol. The second-order valence-corrected chi connectivity index (χ2v) is 7.69. The lowest BCUT2D eigenvalue weighted by atomic mass is 10.1. The third-order valence-corrected chi connectivity index (χ3v) is 5.94. The van der Waals surface area contributed by atoms with Crippen LogP contribution in [-0.4, -0.2) is 9.55 Å². The lowest BCUT2D eigenvalue weighted by Crippen LogP contribution is -2.30. The lowest BCUT2D eigenvalue weighted by Gasteiger charge is -2.09. The SMILES string of the molecule is Cc1cc2ncoc2cc1-c1n(-c2cccc3ccccc23)c2ccccc2[n+]1C. The number of imidazole rings is 1. The molecule has 6 rings (SSSR count). The van der Waals surface area contributed by atoms with Crippen LogP contribution in [0.3, 0.4) is 0 Å². The van der Waals surface area contributed by atoms with Crippen molar-refractivity contribution in [2.24, 2.45) is 7.05 Å². The first-order valence-electron chi connectivity index (χ1n) is 10.0. The number of nitrogens with zero attached hydrogens (tertiary/aromatic N) is 3. The van der Waals surface area contributed by atoms with Crippen molar-refractivity contribution in [3.05, 3.63) is 90.8 Å². The molecule has 2 aromatic heterocycles. The lowest BCUT2D eigenvalue weighted by molar-refractivity contribution is -0.633. The van der Waals surface area contributed by atoms with Crippen LogP contribution in [0.25, 0.3) is 50.0 Å². The highest BCUT2D eigenvalue weighted by atomic mass is 16.3. The minimum Gasteiger partial charge on any atom is -0.443 e. The van der Waals surface area contributed by atoms with E-state index in [4.69, 9.17) is 4.42 Å². The van der Waals surface area contributed by atoms with E-state index < -0.39 is 0 Å². The molecule has 30 heavy (non-hydrogen) atoms. The summed E-state index contributed by atoms with van der Waals surface area (Å²) in [6.45, 7) is 2.13. The number of aromatic nitrogens is 3. The quantitative estimate of drug-likeness (QED) is 0.354. The van der Waals surface area contributed by atoms with E-state index in [1.807, 2.05) is 0 Å². The zero-order valence-electron chi connectivity index (χ0n) is 16.8. The van der Waals surface area contributed by atoms with Crippen LogP contribution in [0.1, 0.15) is 5.56 Å². The molecule has 0 amide bonds. The smallest absolute Gasteiger partial charge is 0.295 e. The average Bonchev–Trinajstić information content (AvgIpc) is 3.34. The molecule has 0 unspecified atom stereocenters. The summed E-state index contributed by atoms with van der Waals surface area (Å²) < 4.78 is 10.3. The molecule has 0 aliphatic carbocycles. The maximum absolute atomic E-state index is 5.64. The van der Waals surface area contributed by atoms with E-state index in [0.717, 1.165) is 33.7 Å². The summed E-state index contributed by atoms with van der Waals surface area (Å²) >= 11 is 0. The Morgan fingerprint density at radius 1 is 0.900 bits per heavy atom. The number of fused-ring (bicyclic) bond motifs is 3.